The Morgan fingerprint density at radius 1 is 1.32 bits per heavy atom. The number of hydrogen-bond donors (Lipinski definition) is 1. The van der Waals surface area contributed by atoms with E-state index >= 15 is 0 Å². The first-order chi connectivity index (χ1) is 13.5. The van der Waals surface area contributed by atoms with E-state index in [1.54, 1.807) is 0 Å². The monoisotopic (exact) mass is 406 g/mol. The average Bonchev–Trinajstić information content (AvgIpc) is 3.05. The third-order valence-electron chi connectivity index (χ3n) is 5.54. The third kappa shape index (κ3) is 3.93. The van der Waals surface area contributed by atoms with Gasteiger partial charge >= 0.3 is 0 Å². The van der Waals surface area contributed by atoms with Crippen molar-refractivity contribution in [3.8, 4) is 0 Å². The molecule has 1 aliphatic carbocycles. The fraction of sp³-hybridized carbons (Fsp3) is 0.500. The van der Waals surface area contributed by atoms with E-state index in [1.807, 2.05) is 28.4 Å². The molecular weight excluding hydrogens is 382 g/mol. The van der Waals surface area contributed by atoms with Crippen LogP contribution in [0, 0.1) is 11.6 Å². The topological polar surface area (TPSA) is 50.2 Å². The summed E-state index contributed by atoms with van der Waals surface area (Å²) < 4.78 is 29.1. The van der Waals surface area contributed by atoms with Crippen molar-refractivity contribution in [1.29, 1.82) is 0 Å². The van der Waals surface area contributed by atoms with Crippen molar-refractivity contribution in [3.05, 3.63) is 52.3 Å². The maximum Gasteiger partial charge on any atom is 0.274 e. The molecule has 8 heteroatoms. The number of rotatable bonds is 4. The summed E-state index contributed by atoms with van der Waals surface area (Å²) in [6.45, 7) is 1.78. The van der Waals surface area contributed by atoms with E-state index < -0.39 is 11.6 Å². The summed E-state index contributed by atoms with van der Waals surface area (Å²) in [5.41, 5.74) is 2.96. The third-order valence-corrected chi connectivity index (χ3v) is 6.49. The summed E-state index contributed by atoms with van der Waals surface area (Å²) in [7, 11) is 1.89. The Kier molecular flexibility index (Phi) is 5.68. The van der Waals surface area contributed by atoms with E-state index in [4.69, 9.17) is 0 Å². The number of fused-ring (bicyclic) bond motifs is 1. The number of aryl methyl sites for hydroxylation is 1. The molecule has 0 radical (unpaired) electrons. The molecule has 1 atom stereocenters. The molecule has 0 saturated carbocycles. The number of amides is 1. The summed E-state index contributed by atoms with van der Waals surface area (Å²) in [6.07, 6.45) is 2.35. The van der Waals surface area contributed by atoms with Crippen LogP contribution < -0.4 is 5.32 Å². The SMILES string of the molecule is Cn1nc(C(=O)N2CCSCC2)c2c1CC[C@H](NCc1cc(F)ccc1F)C2. The molecule has 1 N–H and O–H groups in total. The predicted molar refractivity (Wildman–Crippen MR) is 105 cm³/mol. The lowest BCUT2D eigenvalue weighted by molar-refractivity contribution is 0.0764. The lowest BCUT2D eigenvalue weighted by Crippen LogP contribution is -2.39. The van der Waals surface area contributed by atoms with Gasteiger partial charge in [0.25, 0.3) is 5.91 Å². The minimum atomic E-state index is -0.441. The number of carbonyl (C=O) groups excluding carboxylic acids is 1. The smallest absolute Gasteiger partial charge is 0.274 e. The maximum absolute atomic E-state index is 13.9. The predicted octanol–water partition coefficient (Wildman–Crippen LogP) is 2.53. The molecule has 28 heavy (non-hydrogen) atoms. The Bertz CT molecular complexity index is 879. The molecule has 0 spiro atoms. The first-order valence-electron chi connectivity index (χ1n) is 9.62. The van der Waals surface area contributed by atoms with Gasteiger partial charge in [0, 0.05) is 61.1 Å². The molecular formula is C20H24F2N4OS. The number of hydrogen-bond acceptors (Lipinski definition) is 4. The maximum atomic E-state index is 13.9. The van der Waals surface area contributed by atoms with Crippen molar-refractivity contribution in [2.75, 3.05) is 24.6 Å². The van der Waals surface area contributed by atoms with Crippen LogP contribution in [-0.4, -0.2) is 51.2 Å². The second kappa shape index (κ2) is 8.21. The summed E-state index contributed by atoms with van der Waals surface area (Å²) in [5.74, 6) is 1.08. The van der Waals surface area contributed by atoms with Gasteiger partial charge < -0.3 is 10.2 Å². The molecule has 1 fully saturated rings. The molecule has 1 saturated heterocycles. The summed E-state index contributed by atoms with van der Waals surface area (Å²) >= 11 is 1.87. The van der Waals surface area contributed by atoms with Gasteiger partial charge in [-0.25, -0.2) is 8.78 Å². The Labute approximate surface area is 167 Å². The molecule has 0 unspecified atom stereocenters. The van der Waals surface area contributed by atoms with Crippen molar-refractivity contribution in [2.24, 2.45) is 7.05 Å². The van der Waals surface area contributed by atoms with Gasteiger partial charge in [0.15, 0.2) is 5.69 Å². The molecule has 5 nitrogen and oxygen atoms in total. The summed E-state index contributed by atoms with van der Waals surface area (Å²) in [5, 5.41) is 7.86. The van der Waals surface area contributed by atoms with Crippen LogP contribution >= 0.6 is 11.8 Å². The standard InChI is InChI=1S/C20H24F2N4OS/c1-25-18-5-3-15(23-12-13-10-14(21)2-4-17(13)22)11-16(18)19(24-25)20(27)26-6-8-28-9-7-26/h2,4,10,15,23H,3,5-9,11-12H2,1H3/t15-/m0/s1. The second-order valence-electron chi connectivity index (χ2n) is 7.36. The number of benzene rings is 1. The van der Waals surface area contributed by atoms with Crippen LogP contribution in [0.2, 0.25) is 0 Å². The minimum absolute atomic E-state index is 0.00831. The number of aromatic nitrogens is 2. The van der Waals surface area contributed by atoms with E-state index in [-0.39, 0.29) is 18.5 Å². The largest absolute Gasteiger partial charge is 0.336 e. The van der Waals surface area contributed by atoms with E-state index in [9.17, 15) is 13.6 Å². The van der Waals surface area contributed by atoms with Gasteiger partial charge in [-0.2, -0.15) is 16.9 Å². The zero-order chi connectivity index (χ0) is 19.7. The Morgan fingerprint density at radius 3 is 2.89 bits per heavy atom. The molecule has 0 bridgehead atoms. The summed E-state index contributed by atoms with van der Waals surface area (Å²) in [6, 6.07) is 3.60. The summed E-state index contributed by atoms with van der Waals surface area (Å²) in [4.78, 5) is 14.9. The van der Waals surface area contributed by atoms with Crippen LogP contribution in [0.15, 0.2) is 18.2 Å². The van der Waals surface area contributed by atoms with Crippen LogP contribution in [0.4, 0.5) is 8.78 Å². The quantitative estimate of drug-likeness (QED) is 0.848. The van der Waals surface area contributed by atoms with Crippen molar-refractivity contribution < 1.29 is 13.6 Å². The van der Waals surface area contributed by atoms with Crippen LogP contribution in [0.5, 0.6) is 0 Å². The first kappa shape index (κ1) is 19.4. The molecule has 1 aliphatic heterocycles. The van der Waals surface area contributed by atoms with Crippen molar-refractivity contribution in [2.45, 2.75) is 31.8 Å². The highest BCUT2D eigenvalue weighted by Gasteiger charge is 2.30. The van der Waals surface area contributed by atoms with E-state index in [0.29, 0.717) is 17.7 Å². The van der Waals surface area contributed by atoms with E-state index in [0.717, 1.165) is 60.8 Å². The van der Waals surface area contributed by atoms with Crippen LogP contribution in [0.25, 0.3) is 0 Å². The van der Waals surface area contributed by atoms with Gasteiger partial charge in [-0.1, -0.05) is 0 Å². The molecule has 150 valence electrons. The number of nitrogens with one attached hydrogen (secondary N) is 1. The van der Waals surface area contributed by atoms with Crippen molar-refractivity contribution >= 4 is 17.7 Å². The fourth-order valence-electron chi connectivity index (χ4n) is 3.98. The van der Waals surface area contributed by atoms with E-state index in [2.05, 4.69) is 10.4 Å². The molecule has 4 rings (SSSR count). The van der Waals surface area contributed by atoms with Gasteiger partial charge in [-0.15, -0.1) is 0 Å². The first-order valence-corrected chi connectivity index (χ1v) is 10.8. The van der Waals surface area contributed by atoms with Gasteiger partial charge in [0.1, 0.15) is 11.6 Å². The number of thioether (sulfide) groups is 1. The highest BCUT2D eigenvalue weighted by Crippen LogP contribution is 2.26. The van der Waals surface area contributed by atoms with Crippen LogP contribution in [0.3, 0.4) is 0 Å². The highest BCUT2D eigenvalue weighted by molar-refractivity contribution is 7.99. The second-order valence-corrected chi connectivity index (χ2v) is 8.58. The molecule has 1 aromatic carbocycles. The lowest BCUT2D eigenvalue weighted by Gasteiger charge is -2.27. The zero-order valence-corrected chi connectivity index (χ0v) is 16.7. The van der Waals surface area contributed by atoms with E-state index in [1.165, 1.54) is 6.07 Å². The zero-order valence-electron chi connectivity index (χ0n) is 15.9. The Morgan fingerprint density at radius 2 is 2.11 bits per heavy atom. The molecule has 1 aromatic heterocycles. The van der Waals surface area contributed by atoms with Crippen LogP contribution in [0.1, 0.15) is 33.7 Å². The van der Waals surface area contributed by atoms with Gasteiger partial charge in [0.05, 0.1) is 0 Å². The van der Waals surface area contributed by atoms with Crippen molar-refractivity contribution in [1.82, 2.24) is 20.0 Å². The molecule has 2 aliphatic rings. The number of halogens is 2. The van der Waals surface area contributed by atoms with Crippen LogP contribution in [-0.2, 0) is 26.4 Å². The molecule has 2 heterocycles. The molecule has 1 amide bonds. The minimum Gasteiger partial charge on any atom is -0.336 e. The van der Waals surface area contributed by atoms with Gasteiger partial charge in [-0.05, 0) is 37.5 Å². The number of nitrogens with zero attached hydrogens (tertiary/aromatic N) is 3. The normalized spacial score (nSPS) is 19.5. The molecule has 2 aromatic rings. The average molecular weight is 407 g/mol. The number of carbonyl (C=O) groups is 1. The Balaban J connectivity index is 1.48. The lowest BCUT2D eigenvalue weighted by atomic mass is 9.91. The van der Waals surface area contributed by atoms with Gasteiger partial charge in [0.2, 0.25) is 0 Å². The van der Waals surface area contributed by atoms with Gasteiger partial charge in [-0.3, -0.25) is 9.48 Å². The fourth-order valence-corrected chi connectivity index (χ4v) is 4.89. The van der Waals surface area contributed by atoms with Crippen molar-refractivity contribution in [3.63, 3.8) is 0 Å². The highest BCUT2D eigenvalue weighted by atomic mass is 32.2. The Hall–Kier alpha value is -1.93.